The van der Waals surface area contributed by atoms with Crippen molar-refractivity contribution in [2.75, 3.05) is 7.11 Å². The third kappa shape index (κ3) is 7.21. The van der Waals surface area contributed by atoms with Gasteiger partial charge in [-0.05, 0) is 18.1 Å². The van der Waals surface area contributed by atoms with Crippen LogP contribution in [-0.4, -0.2) is 48.4 Å². The lowest BCUT2D eigenvalue weighted by Crippen LogP contribution is -2.56. The number of rotatable bonds is 9. The maximum atomic E-state index is 12.7. The highest BCUT2D eigenvalue weighted by atomic mass is 16.5. The summed E-state index contributed by atoms with van der Waals surface area (Å²) in [6.45, 7) is 1.37. The third-order valence-electron chi connectivity index (χ3n) is 4.34. The molecule has 8 heteroatoms. The number of aliphatic hydroxyl groups excluding tert-OH is 1. The summed E-state index contributed by atoms with van der Waals surface area (Å²) in [6.07, 6.45) is -1.88. The van der Waals surface area contributed by atoms with Crippen LogP contribution in [0.3, 0.4) is 0 Å². The first-order valence-corrected chi connectivity index (χ1v) is 9.48. The highest BCUT2D eigenvalue weighted by Crippen LogP contribution is 2.06. The molecule has 0 aliphatic heterocycles. The van der Waals surface area contributed by atoms with Crippen molar-refractivity contribution in [1.82, 2.24) is 10.6 Å². The van der Waals surface area contributed by atoms with Gasteiger partial charge in [-0.3, -0.25) is 4.79 Å². The number of ether oxygens (including phenoxy) is 2. The summed E-state index contributed by atoms with van der Waals surface area (Å²) in [5.41, 5.74) is 1.59. The number of methoxy groups -OCH3 is 1. The van der Waals surface area contributed by atoms with Gasteiger partial charge in [0.05, 0.1) is 13.2 Å². The molecule has 0 radical (unpaired) electrons. The van der Waals surface area contributed by atoms with Gasteiger partial charge in [0.15, 0.2) is 0 Å². The molecule has 2 amide bonds. The molecule has 8 nitrogen and oxygen atoms in total. The summed E-state index contributed by atoms with van der Waals surface area (Å²) in [6, 6.07) is 15.8. The zero-order valence-corrected chi connectivity index (χ0v) is 16.9. The van der Waals surface area contributed by atoms with E-state index in [0.717, 1.165) is 11.1 Å². The molecular formula is C22H26N2O6. The number of carbonyl (C=O) groups excluding carboxylic acids is 3. The molecular weight excluding hydrogens is 388 g/mol. The summed E-state index contributed by atoms with van der Waals surface area (Å²) in [7, 11) is 1.22. The zero-order valence-electron chi connectivity index (χ0n) is 16.9. The summed E-state index contributed by atoms with van der Waals surface area (Å²) in [5, 5.41) is 14.8. The molecule has 0 aliphatic carbocycles. The van der Waals surface area contributed by atoms with E-state index in [2.05, 4.69) is 10.6 Å². The van der Waals surface area contributed by atoms with Crippen LogP contribution in [0.15, 0.2) is 60.7 Å². The summed E-state index contributed by atoms with van der Waals surface area (Å²) in [5.74, 6) is -1.36. The SMILES string of the molecule is COC(=O)[C@@H](Cc1ccccc1)NC(=O)[C@@H](NC(=O)OCc1ccccc1)[C@@H](C)O. The van der Waals surface area contributed by atoms with Gasteiger partial charge in [-0.2, -0.15) is 0 Å². The van der Waals surface area contributed by atoms with E-state index in [1.807, 2.05) is 48.5 Å². The van der Waals surface area contributed by atoms with E-state index in [-0.39, 0.29) is 13.0 Å². The number of esters is 1. The predicted octanol–water partition coefficient (Wildman–Crippen LogP) is 1.56. The maximum Gasteiger partial charge on any atom is 0.408 e. The van der Waals surface area contributed by atoms with Crippen LogP contribution in [0.5, 0.6) is 0 Å². The van der Waals surface area contributed by atoms with E-state index in [9.17, 15) is 19.5 Å². The minimum absolute atomic E-state index is 0.0135. The van der Waals surface area contributed by atoms with Gasteiger partial charge in [0.25, 0.3) is 0 Å². The van der Waals surface area contributed by atoms with E-state index in [0.29, 0.717) is 0 Å². The Kier molecular flexibility index (Phi) is 8.83. The molecule has 2 aromatic rings. The van der Waals surface area contributed by atoms with Crippen LogP contribution in [0.25, 0.3) is 0 Å². The van der Waals surface area contributed by atoms with E-state index >= 15 is 0 Å². The van der Waals surface area contributed by atoms with E-state index < -0.39 is 36.2 Å². The number of nitrogens with one attached hydrogen (secondary N) is 2. The topological polar surface area (TPSA) is 114 Å². The molecule has 3 atom stereocenters. The second kappa shape index (κ2) is 11.6. The van der Waals surface area contributed by atoms with Crippen LogP contribution in [0.4, 0.5) is 4.79 Å². The molecule has 0 aliphatic rings. The molecule has 2 rings (SSSR count). The molecule has 0 saturated heterocycles. The summed E-state index contributed by atoms with van der Waals surface area (Å²) < 4.78 is 9.86. The van der Waals surface area contributed by atoms with Crippen molar-refractivity contribution in [3.8, 4) is 0 Å². The fourth-order valence-corrected chi connectivity index (χ4v) is 2.74. The summed E-state index contributed by atoms with van der Waals surface area (Å²) in [4.78, 5) is 36.9. The van der Waals surface area contributed by atoms with Crippen molar-refractivity contribution >= 4 is 18.0 Å². The van der Waals surface area contributed by atoms with Crippen molar-refractivity contribution in [3.63, 3.8) is 0 Å². The Hall–Kier alpha value is -3.39. The number of hydrogen-bond acceptors (Lipinski definition) is 6. The molecule has 30 heavy (non-hydrogen) atoms. The van der Waals surface area contributed by atoms with Crippen molar-refractivity contribution in [2.45, 2.75) is 38.1 Å². The van der Waals surface area contributed by atoms with Crippen LogP contribution >= 0.6 is 0 Å². The van der Waals surface area contributed by atoms with Gasteiger partial charge in [0, 0.05) is 6.42 Å². The van der Waals surface area contributed by atoms with Crippen molar-refractivity contribution < 1.29 is 29.0 Å². The standard InChI is InChI=1S/C22H26N2O6/c1-15(25)19(24-22(28)30-14-17-11-7-4-8-12-17)20(26)23-18(21(27)29-2)13-16-9-5-3-6-10-16/h3-12,15,18-19,25H,13-14H2,1-2H3,(H,23,26)(H,24,28)/t15-,18-,19+/m1/s1. The zero-order chi connectivity index (χ0) is 21.9. The van der Waals surface area contributed by atoms with Crippen LogP contribution in [0, 0.1) is 0 Å². The first kappa shape index (κ1) is 22.9. The second-order valence-corrected chi connectivity index (χ2v) is 6.70. The normalized spacial score (nSPS) is 13.4. The first-order valence-electron chi connectivity index (χ1n) is 9.48. The minimum Gasteiger partial charge on any atom is -0.467 e. The Morgan fingerprint density at radius 2 is 1.50 bits per heavy atom. The van der Waals surface area contributed by atoms with Crippen molar-refractivity contribution in [1.29, 1.82) is 0 Å². The van der Waals surface area contributed by atoms with Crippen LogP contribution < -0.4 is 10.6 Å². The van der Waals surface area contributed by atoms with Crippen LogP contribution in [-0.2, 0) is 32.1 Å². The molecule has 0 spiro atoms. The van der Waals surface area contributed by atoms with Crippen LogP contribution in [0.2, 0.25) is 0 Å². The molecule has 160 valence electrons. The van der Waals surface area contributed by atoms with E-state index in [4.69, 9.17) is 9.47 Å². The fourth-order valence-electron chi connectivity index (χ4n) is 2.74. The molecule has 0 heterocycles. The number of benzene rings is 2. The van der Waals surface area contributed by atoms with Gasteiger partial charge in [-0.1, -0.05) is 60.7 Å². The Bertz CT molecular complexity index is 826. The number of aliphatic hydroxyl groups is 1. The van der Waals surface area contributed by atoms with E-state index in [1.165, 1.54) is 14.0 Å². The average molecular weight is 414 g/mol. The lowest BCUT2D eigenvalue weighted by atomic mass is 10.0. The average Bonchev–Trinajstić information content (AvgIpc) is 2.76. The lowest BCUT2D eigenvalue weighted by Gasteiger charge is -2.23. The molecule has 0 bridgehead atoms. The van der Waals surface area contributed by atoms with E-state index in [1.54, 1.807) is 12.1 Å². The Balaban J connectivity index is 1.99. The predicted molar refractivity (Wildman–Crippen MR) is 109 cm³/mol. The number of amides is 2. The Morgan fingerprint density at radius 1 is 0.933 bits per heavy atom. The van der Waals surface area contributed by atoms with Gasteiger partial charge >= 0.3 is 12.1 Å². The minimum atomic E-state index is -1.31. The highest BCUT2D eigenvalue weighted by Gasteiger charge is 2.30. The molecule has 0 fully saturated rings. The first-order chi connectivity index (χ1) is 14.4. The Labute approximate surface area is 175 Å². The van der Waals surface area contributed by atoms with Crippen molar-refractivity contribution in [2.24, 2.45) is 0 Å². The fraction of sp³-hybridized carbons (Fsp3) is 0.318. The smallest absolute Gasteiger partial charge is 0.408 e. The van der Waals surface area contributed by atoms with Gasteiger partial charge in [0.2, 0.25) is 5.91 Å². The number of hydrogen-bond donors (Lipinski definition) is 3. The molecule has 0 saturated carbocycles. The van der Waals surface area contributed by atoms with Gasteiger partial charge < -0.3 is 25.2 Å². The largest absolute Gasteiger partial charge is 0.467 e. The summed E-state index contributed by atoms with van der Waals surface area (Å²) >= 11 is 0. The van der Waals surface area contributed by atoms with Gasteiger partial charge in [-0.25, -0.2) is 9.59 Å². The second-order valence-electron chi connectivity index (χ2n) is 6.70. The monoisotopic (exact) mass is 414 g/mol. The quantitative estimate of drug-likeness (QED) is 0.537. The molecule has 2 aromatic carbocycles. The number of alkyl carbamates (subject to hydrolysis) is 1. The molecule has 0 unspecified atom stereocenters. The molecule has 3 N–H and O–H groups in total. The third-order valence-corrected chi connectivity index (χ3v) is 4.34. The lowest BCUT2D eigenvalue weighted by molar-refractivity contribution is -0.145. The maximum absolute atomic E-state index is 12.7. The van der Waals surface area contributed by atoms with Gasteiger partial charge in [0.1, 0.15) is 18.7 Å². The van der Waals surface area contributed by atoms with Crippen LogP contribution in [0.1, 0.15) is 18.1 Å². The van der Waals surface area contributed by atoms with Crippen molar-refractivity contribution in [3.05, 3.63) is 71.8 Å². The Morgan fingerprint density at radius 3 is 2.03 bits per heavy atom. The highest BCUT2D eigenvalue weighted by molar-refractivity contribution is 5.90. The number of carbonyl (C=O) groups is 3. The molecule has 0 aromatic heterocycles. The van der Waals surface area contributed by atoms with Gasteiger partial charge in [-0.15, -0.1) is 0 Å².